The first-order valence-corrected chi connectivity index (χ1v) is 7.13. The molecule has 0 bridgehead atoms. The van der Waals surface area contributed by atoms with E-state index in [0.717, 1.165) is 15.6 Å². The van der Waals surface area contributed by atoms with E-state index in [0.29, 0.717) is 11.4 Å². The van der Waals surface area contributed by atoms with Gasteiger partial charge in [0.2, 0.25) is 0 Å². The standard InChI is InChI=1S/C15H14BrClFN/c1-19-15(11-2-4-13(17)5-3-11)8-10-6-12(16)9-14(18)7-10/h2-7,9,15,19H,8H2,1H3. The molecule has 2 aromatic rings. The smallest absolute Gasteiger partial charge is 0.124 e. The van der Waals surface area contributed by atoms with Crippen LogP contribution >= 0.6 is 27.5 Å². The third-order valence-electron chi connectivity index (χ3n) is 2.98. The maximum Gasteiger partial charge on any atom is 0.124 e. The van der Waals surface area contributed by atoms with Crippen LogP contribution in [0.1, 0.15) is 17.2 Å². The summed E-state index contributed by atoms with van der Waals surface area (Å²) in [5.74, 6) is -0.227. The van der Waals surface area contributed by atoms with Crippen LogP contribution in [0, 0.1) is 5.82 Å². The molecule has 1 unspecified atom stereocenters. The summed E-state index contributed by atoms with van der Waals surface area (Å²) in [5, 5.41) is 3.96. The molecule has 0 spiro atoms. The van der Waals surface area contributed by atoms with E-state index in [9.17, 15) is 4.39 Å². The first-order chi connectivity index (χ1) is 9.08. The minimum Gasteiger partial charge on any atom is -0.313 e. The van der Waals surface area contributed by atoms with Gasteiger partial charge in [-0.3, -0.25) is 0 Å². The van der Waals surface area contributed by atoms with Gasteiger partial charge in [-0.25, -0.2) is 4.39 Å². The molecule has 0 radical (unpaired) electrons. The van der Waals surface area contributed by atoms with Crippen molar-refractivity contribution in [2.75, 3.05) is 7.05 Å². The van der Waals surface area contributed by atoms with Crippen molar-refractivity contribution in [3.8, 4) is 0 Å². The van der Waals surface area contributed by atoms with Gasteiger partial charge in [0.1, 0.15) is 5.82 Å². The zero-order valence-electron chi connectivity index (χ0n) is 10.5. The molecule has 0 aliphatic carbocycles. The van der Waals surface area contributed by atoms with E-state index in [1.165, 1.54) is 6.07 Å². The van der Waals surface area contributed by atoms with Gasteiger partial charge in [-0.2, -0.15) is 0 Å². The molecule has 0 saturated carbocycles. The number of hydrogen-bond acceptors (Lipinski definition) is 1. The minimum absolute atomic E-state index is 0.131. The minimum atomic E-state index is -0.227. The number of rotatable bonds is 4. The SMILES string of the molecule is CNC(Cc1cc(F)cc(Br)c1)c1ccc(Cl)cc1. The molecule has 100 valence electrons. The fourth-order valence-corrected chi connectivity index (χ4v) is 2.68. The number of benzene rings is 2. The van der Waals surface area contributed by atoms with Crippen LogP contribution in [0.15, 0.2) is 46.9 Å². The van der Waals surface area contributed by atoms with E-state index in [4.69, 9.17) is 11.6 Å². The maximum atomic E-state index is 13.4. The Labute approximate surface area is 125 Å². The van der Waals surface area contributed by atoms with Crippen molar-refractivity contribution in [2.24, 2.45) is 0 Å². The van der Waals surface area contributed by atoms with Crippen LogP contribution in [0.5, 0.6) is 0 Å². The summed E-state index contributed by atoms with van der Waals surface area (Å²) in [6, 6.07) is 12.8. The number of hydrogen-bond donors (Lipinski definition) is 1. The summed E-state index contributed by atoms with van der Waals surface area (Å²) < 4.78 is 14.1. The highest BCUT2D eigenvalue weighted by molar-refractivity contribution is 9.10. The molecular formula is C15H14BrClFN. The summed E-state index contributed by atoms with van der Waals surface area (Å²) in [5.41, 5.74) is 2.08. The molecule has 0 aliphatic heterocycles. The Morgan fingerprint density at radius 2 is 1.89 bits per heavy atom. The molecule has 0 heterocycles. The molecule has 0 amide bonds. The third kappa shape index (κ3) is 4.03. The van der Waals surface area contributed by atoms with Crippen molar-refractivity contribution in [3.05, 3.63) is 68.9 Å². The van der Waals surface area contributed by atoms with Gasteiger partial charge in [0.15, 0.2) is 0 Å². The Balaban J connectivity index is 2.21. The molecule has 1 N–H and O–H groups in total. The molecule has 0 saturated heterocycles. The van der Waals surface area contributed by atoms with E-state index in [1.807, 2.05) is 37.4 Å². The molecule has 2 aromatic carbocycles. The van der Waals surface area contributed by atoms with E-state index >= 15 is 0 Å². The van der Waals surface area contributed by atoms with Crippen molar-refractivity contribution >= 4 is 27.5 Å². The van der Waals surface area contributed by atoms with Gasteiger partial charge in [0.25, 0.3) is 0 Å². The van der Waals surface area contributed by atoms with Crippen LogP contribution in [-0.2, 0) is 6.42 Å². The lowest BCUT2D eigenvalue weighted by atomic mass is 9.99. The summed E-state index contributed by atoms with van der Waals surface area (Å²) in [4.78, 5) is 0. The van der Waals surface area contributed by atoms with Crippen LogP contribution in [0.3, 0.4) is 0 Å². The summed E-state index contributed by atoms with van der Waals surface area (Å²) >= 11 is 9.20. The van der Waals surface area contributed by atoms with Gasteiger partial charge in [-0.1, -0.05) is 39.7 Å². The number of nitrogens with one attached hydrogen (secondary N) is 1. The molecule has 2 rings (SSSR count). The molecule has 4 heteroatoms. The second kappa shape index (κ2) is 6.51. The Morgan fingerprint density at radius 1 is 1.21 bits per heavy atom. The normalized spacial score (nSPS) is 12.4. The van der Waals surface area contributed by atoms with E-state index in [-0.39, 0.29) is 11.9 Å². The lowest BCUT2D eigenvalue weighted by Gasteiger charge is -2.17. The predicted octanol–water partition coefficient (Wildman–Crippen LogP) is 4.74. The highest BCUT2D eigenvalue weighted by Crippen LogP contribution is 2.23. The molecule has 0 aromatic heterocycles. The maximum absolute atomic E-state index is 13.4. The Kier molecular flexibility index (Phi) is 4.97. The number of likely N-dealkylation sites (N-methyl/N-ethyl adjacent to an activating group) is 1. The highest BCUT2D eigenvalue weighted by atomic mass is 79.9. The van der Waals surface area contributed by atoms with Crippen molar-refractivity contribution in [3.63, 3.8) is 0 Å². The van der Waals surface area contributed by atoms with Crippen LogP contribution in [0.25, 0.3) is 0 Å². The van der Waals surface area contributed by atoms with Crippen LogP contribution in [0.2, 0.25) is 5.02 Å². The quantitative estimate of drug-likeness (QED) is 0.846. The van der Waals surface area contributed by atoms with Crippen molar-refractivity contribution < 1.29 is 4.39 Å². The molecule has 0 aliphatic rings. The predicted molar refractivity (Wildman–Crippen MR) is 81.1 cm³/mol. The summed E-state index contributed by atoms with van der Waals surface area (Å²) in [6.45, 7) is 0. The first-order valence-electron chi connectivity index (χ1n) is 5.96. The number of halogens is 3. The van der Waals surface area contributed by atoms with E-state index in [2.05, 4.69) is 21.2 Å². The second-order valence-electron chi connectivity index (χ2n) is 4.37. The lowest BCUT2D eigenvalue weighted by molar-refractivity contribution is 0.584. The average Bonchev–Trinajstić information content (AvgIpc) is 2.36. The Morgan fingerprint density at radius 3 is 2.47 bits per heavy atom. The van der Waals surface area contributed by atoms with Crippen molar-refractivity contribution in [1.29, 1.82) is 0 Å². The topological polar surface area (TPSA) is 12.0 Å². The van der Waals surface area contributed by atoms with Crippen molar-refractivity contribution in [2.45, 2.75) is 12.5 Å². The molecule has 1 atom stereocenters. The molecule has 0 fully saturated rings. The van der Waals surface area contributed by atoms with E-state index in [1.54, 1.807) is 6.07 Å². The summed E-state index contributed by atoms with van der Waals surface area (Å²) in [7, 11) is 1.90. The lowest BCUT2D eigenvalue weighted by Crippen LogP contribution is -2.18. The van der Waals surface area contributed by atoms with Crippen molar-refractivity contribution in [1.82, 2.24) is 5.32 Å². The monoisotopic (exact) mass is 341 g/mol. The van der Waals surface area contributed by atoms with Gasteiger partial charge in [0, 0.05) is 15.5 Å². The fourth-order valence-electron chi connectivity index (χ4n) is 2.05. The van der Waals surface area contributed by atoms with Gasteiger partial charge in [-0.15, -0.1) is 0 Å². The first kappa shape index (κ1) is 14.5. The van der Waals surface area contributed by atoms with E-state index < -0.39 is 0 Å². The third-order valence-corrected chi connectivity index (χ3v) is 3.69. The van der Waals surface area contributed by atoms with Gasteiger partial charge in [-0.05, 0) is 54.9 Å². The fraction of sp³-hybridized carbons (Fsp3) is 0.200. The molecule has 1 nitrogen and oxygen atoms in total. The van der Waals surface area contributed by atoms with Crippen LogP contribution in [-0.4, -0.2) is 7.05 Å². The molecule has 19 heavy (non-hydrogen) atoms. The van der Waals surface area contributed by atoms with Gasteiger partial charge in [0.05, 0.1) is 0 Å². The Hall–Kier alpha value is -0.900. The Bertz CT molecular complexity index is 536. The van der Waals surface area contributed by atoms with Gasteiger partial charge >= 0.3 is 0 Å². The molecular weight excluding hydrogens is 329 g/mol. The zero-order valence-corrected chi connectivity index (χ0v) is 12.8. The van der Waals surface area contributed by atoms with Gasteiger partial charge < -0.3 is 5.32 Å². The van der Waals surface area contributed by atoms with Crippen LogP contribution < -0.4 is 5.32 Å². The second-order valence-corrected chi connectivity index (χ2v) is 5.73. The zero-order chi connectivity index (χ0) is 13.8. The van der Waals surface area contributed by atoms with Crippen LogP contribution in [0.4, 0.5) is 4.39 Å². The highest BCUT2D eigenvalue weighted by Gasteiger charge is 2.11. The largest absolute Gasteiger partial charge is 0.313 e. The average molecular weight is 343 g/mol. The summed E-state index contributed by atoms with van der Waals surface area (Å²) in [6.07, 6.45) is 0.717.